The zero-order valence-electron chi connectivity index (χ0n) is 17.2. The van der Waals surface area contributed by atoms with E-state index in [1.54, 1.807) is 0 Å². The molecule has 0 aliphatic carbocycles. The Hall–Kier alpha value is -0.560. The van der Waals surface area contributed by atoms with E-state index in [0.717, 1.165) is 0 Å². The minimum atomic E-state index is 1.17. The van der Waals surface area contributed by atoms with Crippen LogP contribution in [0.25, 0.3) is 0 Å². The summed E-state index contributed by atoms with van der Waals surface area (Å²) in [5.41, 5.74) is 1.45. The smallest absolute Gasteiger partial charge is 0.0175 e. The Kier molecular flexibility index (Phi) is 16.1. The highest BCUT2D eigenvalue weighted by molar-refractivity contribution is 9.10. The van der Waals surface area contributed by atoms with Crippen molar-refractivity contribution in [2.24, 2.45) is 0 Å². The molecule has 0 atom stereocenters. The van der Waals surface area contributed by atoms with E-state index < -0.39 is 0 Å². The summed E-state index contributed by atoms with van der Waals surface area (Å²) in [6.07, 6.45) is 27.0. The summed E-state index contributed by atoms with van der Waals surface area (Å²) in [6.45, 7) is 2.29. The van der Waals surface area contributed by atoms with Crippen LogP contribution < -0.4 is 0 Å². The van der Waals surface area contributed by atoms with Gasteiger partial charge in [-0.1, -0.05) is 118 Å². The quantitative estimate of drug-likeness (QED) is 0.174. The van der Waals surface area contributed by atoms with Crippen LogP contribution in [0.1, 0.15) is 109 Å². The lowest BCUT2D eigenvalue weighted by molar-refractivity contribution is 0.545. The predicted octanol–water partition coefficient (Wildman–Crippen LogP) is 9.42. The van der Waals surface area contributed by atoms with E-state index in [1.165, 1.54) is 113 Å². The fourth-order valence-corrected chi connectivity index (χ4v) is 3.68. The molecule has 148 valence electrons. The van der Waals surface area contributed by atoms with Crippen molar-refractivity contribution in [3.05, 3.63) is 46.5 Å². The number of rotatable bonds is 17. The molecule has 0 bridgehead atoms. The lowest BCUT2D eigenvalue weighted by Crippen LogP contribution is -1.84. The molecule has 0 radical (unpaired) electrons. The van der Waals surface area contributed by atoms with E-state index in [0.29, 0.717) is 0 Å². The molecular weight excluding hydrogens is 380 g/mol. The van der Waals surface area contributed by atoms with Crippen LogP contribution in [0.2, 0.25) is 0 Å². The Labute approximate surface area is 172 Å². The second-order valence-electron chi connectivity index (χ2n) is 7.67. The van der Waals surface area contributed by atoms with E-state index in [4.69, 9.17) is 0 Å². The minimum Gasteiger partial charge on any atom is -0.0885 e. The zero-order valence-corrected chi connectivity index (χ0v) is 18.7. The van der Waals surface area contributed by atoms with Crippen LogP contribution in [-0.4, -0.2) is 0 Å². The van der Waals surface area contributed by atoms with Gasteiger partial charge in [0.25, 0.3) is 0 Å². The Bertz CT molecular complexity index is 432. The minimum absolute atomic E-state index is 1.17. The normalized spacial score (nSPS) is 11.5. The highest BCUT2D eigenvalue weighted by Crippen LogP contribution is 2.14. The molecule has 0 heterocycles. The van der Waals surface area contributed by atoms with Crippen molar-refractivity contribution in [3.63, 3.8) is 0 Å². The van der Waals surface area contributed by atoms with Crippen molar-refractivity contribution in [2.75, 3.05) is 0 Å². The molecule has 0 nitrogen and oxygen atoms in total. The predicted molar refractivity (Wildman–Crippen MR) is 122 cm³/mol. The van der Waals surface area contributed by atoms with Crippen LogP contribution in [-0.2, 0) is 6.42 Å². The van der Waals surface area contributed by atoms with Crippen LogP contribution in [0.3, 0.4) is 0 Å². The number of halogens is 1. The van der Waals surface area contributed by atoms with Gasteiger partial charge in [-0.2, -0.15) is 0 Å². The summed E-state index contributed by atoms with van der Waals surface area (Å²) in [4.78, 5) is 0. The lowest BCUT2D eigenvalue weighted by Gasteiger charge is -2.02. The van der Waals surface area contributed by atoms with Gasteiger partial charge in [-0.15, -0.1) is 0 Å². The molecule has 0 spiro atoms. The van der Waals surface area contributed by atoms with E-state index in [-0.39, 0.29) is 0 Å². The third kappa shape index (κ3) is 14.6. The fraction of sp³-hybridized carbons (Fsp3) is 0.680. The molecule has 0 aliphatic rings. The summed E-state index contributed by atoms with van der Waals surface area (Å²) in [5, 5.41) is 0. The van der Waals surface area contributed by atoms with Crippen LogP contribution in [0.15, 0.2) is 40.9 Å². The van der Waals surface area contributed by atoms with E-state index in [1.807, 2.05) is 0 Å². The third-order valence-electron chi connectivity index (χ3n) is 5.14. The molecule has 0 saturated carbocycles. The van der Waals surface area contributed by atoms with Crippen molar-refractivity contribution < 1.29 is 0 Å². The number of allylic oxidation sites excluding steroid dienone is 2. The van der Waals surface area contributed by atoms with Crippen molar-refractivity contribution in [1.82, 2.24) is 0 Å². The molecular formula is C25H41Br. The van der Waals surface area contributed by atoms with Crippen molar-refractivity contribution in [1.29, 1.82) is 0 Å². The zero-order chi connectivity index (χ0) is 18.7. The van der Waals surface area contributed by atoms with Crippen LogP contribution in [0, 0.1) is 0 Å². The first-order chi connectivity index (χ1) is 12.8. The third-order valence-corrected chi connectivity index (χ3v) is 5.67. The highest BCUT2D eigenvalue weighted by atomic mass is 79.9. The lowest BCUT2D eigenvalue weighted by atomic mass is 10.0. The van der Waals surface area contributed by atoms with Gasteiger partial charge < -0.3 is 0 Å². The molecule has 0 unspecified atom stereocenters. The maximum absolute atomic E-state index is 3.49. The average Bonchev–Trinajstić information content (AvgIpc) is 2.66. The van der Waals surface area contributed by atoms with Gasteiger partial charge in [-0.05, 0) is 49.8 Å². The SMILES string of the molecule is CCCCCCCCCCCCCCC=CCCCc1ccc(Br)cc1. The van der Waals surface area contributed by atoms with Crippen molar-refractivity contribution >= 4 is 15.9 Å². The van der Waals surface area contributed by atoms with Gasteiger partial charge in [0.2, 0.25) is 0 Å². The topological polar surface area (TPSA) is 0 Å². The van der Waals surface area contributed by atoms with Gasteiger partial charge in [0, 0.05) is 4.47 Å². The maximum atomic E-state index is 3.49. The number of hydrogen-bond acceptors (Lipinski definition) is 0. The molecule has 1 rings (SSSR count). The monoisotopic (exact) mass is 420 g/mol. The average molecular weight is 422 g/mol. The maximum Gasteiger partial charge on any atom is 0.0175 e. The van der Waals surface area contributed by atoms with Gasteiger partial charge in [-0.3, -0.25) is 0 Å². The van der Waals surface area contributed by atoms with Gasteiger partial charge in [0.15, 0.2) is 0 Å². The first kappa shape index (κ1) is 23.5. The summed E-state index contributed by atoms with van der Waals surface area (Å²) in [6, 6.07) is 8.72. The first-order valence-corrected chi connectivity index (χ1v) is 12.0. The molecule has 0 fully saturated rings. The Morgan fingerprint density at radius 3 is 1.62 bits per heavy atom. The first-order valence-electron chi connectivity index (χ1n) is 11.2. The molecule has 0 aromatic heterocycles. The number of hydrogen-bond donors (Lipinski definition) is 0. The summed E-state index contributed by atoms with van der Waals surface area (Å²) in [5.74, 6) is 0. The van der Waals surface area contributed by atoms with Crippen LogP contribution in [0.5, 0.6) is 0 Å². The second kappa shape index (κ2) is 17.8. The molecule has 1 aromatic carbocycles. The fourth-order valence-electron chi connectivity index (χ4n) is 3.41. The van der Waals surface area contributed by atoms with E-state index in [9.17, 15) is 0 Å². The second-order valence-corrected chi connectivity index (χ2v) is 8.58. The van der Waals surface area contributed by atoms with Gasteiger partial charge in [0.1, 0.15) is 0 Å². The highest BCUT2D eigenvalue weighted by Gasteiger charge is 1.94. The standard InChI is InChI=1S/C25H41Br/c1-2-3-4-5-6-7-8-9-10-11-12-13-14-15-16-17-18-19-24-20-22-25(26)23-21-24/h15-16,20-23H,2-14,17-19H2,1H3. The molecule has 0 aliphatic heterocycles. The summed E-state index contributed by atoms with van der Waals surface area (Å²) in [7, 11) is 0. The number of benzene rings is 1. The Morgan fingerprint density at radius 1 is 0.615 bits per heavy atom. The number of aryl methyl sites for hydroxylation is 1. The molecule has 26 heavy (non-hydrogen) atoms. The van der Waals surface area contributed by atoms with Crippen molar-refractivity contribution in [3.8, 4) is 0 Å². The van der Waals surface area contributed by atoms with Gasteiger partial charge in [0.05, 0.1) is 0 Å². The van der Waals surface area contributed by atoms with Crippen LogP contribution in [0.4, 0.5) is 0 Å². The van der Waals surface area contributed by atoms with Crippen molar-refractivity contribution in [2.45, 2.75) is 110 Å². The van der Waals surface area contributed by atoms with Gasteiger partial charge in [-0.25, -0.2) is 0 Å². The molecule has 0 amide bonds. The largest absolute Gasteiger partial charge is 0.0885 e. The van der Waals surface area contributed by atoms with Gasteiger partial charge >= 0.3 is 0 Å². The van der Waals surface area contributed by atoms with Crippen LogP contribution >= 0.6 is 15.9 Å². The Balaban J connectivity index is 1.78. The summed E-state index contributed by atoms with van der Waals surface area (Å²) < 4.78 is 1.17. The van der Waals surface area contributed by atoms with E-state index >= 15 is 0 Å². The summed E-state index contributed by atoms with van der Waals surface area (Å²) >= 11 is 3.49. The van der Waals surface area contributed by atoms with E-state index in [2.05, 4.69) is 59.3 Å². The molecule has 0 N–H and O–H groups in total. The molecule has 1 heteroatoms. The molecule has 0 saturated heterocycles. The Morgan fingerprint density at radius 2 is 1.08 bits per heavy atom. The number of unbranched alkanes of at least 4 members (excludes halogenated alkanes) is 13. The molecule has 1 aromatic rings.